The molecule has 0 heterocycles. The summed E-state index contributed by atoms with van der Waals surface area (Å²) in [6.07, 6.45) is 0.431. The number of benzene rings is 1. The summed E-state index contributed by atoms with van der Waals surface area (Å²) < 4.78 is 1.08. The summed E-state index contributed by atoms with van der Waals surface area (Å²) in [6.45, 7) is 2.05. The van der Waals surface area contributed by atoms with E-state index in [0.717, 1.165) is 10.2 Å². The van der Waals surface area contributed by atoms with Gasteiger partial charge in [-0.25, -0.2) is 0 Å². The summed E-state index contributed by atoms with van der Waals surface area (Å²) in [6, 6.07) is 6.11. The monoisotopic (exact) mass is 273 g/mol. The van der Waals surface area contributed by atoms with Crippen LogP contribution in [0.1, 0.15) is 12.0 Å². The van der Waals surface area contributed by atoms with E-state index in [1.165, 1.54) is 10.5 Å². The van der Waals surface area contributed by atoms with E-state index >= 15 is 0 Å². The Balaban J connectivity index is 2.55. The molecule has 2 N–H and O–H groups in total. The van der Waals surface area contributed by atoms with Gasteiger partial charge in [0.05, 0.1) is 0 Å². The Morgan fingerprint density at radius 1 is 1.57 bits per heavy atom. The number of carbonyl (C=O) groups excluding carboxylic acids is 1. The van der Waals surface area contributed by atoms with Gasteiger partial charge in [0.2, 0.25) is 5.91 Å². The number of halogens is 1. The van der Waals surface area contributed by atoms with Gasteiger partial charge in [-0.3, -0.25) is 4.79 Å². The Kier molecular flexibility index (Phi) is 4.48. The standard InChI is InChI=1S/C10H12BrNOS/c1-7-6-8(11)2-3-9(7)14-5-4-10(12)13/h2-3,6H,4-5H2,1H3,(H2,12,13). The summed E-state index contributed by atoms with van der Waals surface area (Å²) in [5, 5.41) is 0. The van der Waals surface area contributed by atoms with Crippen LogP contribution in [0.4, 0.5) is 0 Å². The summed E-state index contributed by atoms with van der Waals surface area (Å²) in [7, 11) is 0. The topological polar surface area (TPSA) is 43.1 Å². The van der Waals surface area contributed by atoms with Crippen LogP contribution in [0.15, 0.2) is 27.6 Å². The maximum absolute atomic E-state index is 10.5. The number of hydrogen-bond donors (Lipinski definition) is 1. The molecule has 0 aliphatic carbocycles. The number of carbonyl (C=O) groups is 1. The number of amides is 1. The normalized spacial score (nSPS) is 10.1. The summed E-state index contributed by atoms with van der Waals surface area (Å²) in [4.78, 5) is 11.7. The van der Waals surface area contributed by atoms with Crippen LogP contribution in [0.25, 0.3) is 0 Å². The minimum absolute atomic E-state index is 0.243. The lowest BCUT2D eigenvalue weighted by Gasteiger charge is -2.04. The molecule has 0 aliphatic heterocycles. The molecule has 0 atom stereocenters. The molecule has 0 spiro atoms. The van der Waals surface area contributed by atoms with Crippen molar-refractivity contribution in [1.29, 1.82) is 0 Å². The van der Waals surface area contributed by atoms with E-state index in [9.17, 15) is 4.79 Å². The van der Waals surface area contributed by atoms with Crippen LogP contribution in [0.2, 0.25) is 0 Å². The number of aryl methyl sites for hydroxylation is 1. The average molecular weight is 274 g/mol. The van der Waals surface area contributed by atoms with Crippen molar-refractivity contribution in [2.75, 3.05) is 5.75 Å². The Morgan fingerprint density at radius 2 is 2.29 bits per heavy atom. The first-order chi connectivity index (χ1) is 6.59. The number of thioether (sulfide) groups is 1. The van der Waals surface area contributed by atoms with Crippen molar-refractivity contribution in [1.82, 2.24) is 0 Å². The van der Waals surface area contributed by atoms with Crippen molar-refractivity contribution >= 4 is 33.6 Å². The zero-order chi connectivity index (χ0) is 10.6. The molecular formula is C10H12BrNOS. The Hall–Kier alpha value is -0.480. The van der Waals surface area contributed by atoms with Gasteiger partial charge in [-0.2, -0.15) is 0 Å². The summed E-state index contributed by atoms with van der Waals surface area (Å²) in [5.74, 6) is 0.505. The largest absolute Gasteiger partial charge is 0.370 e. The first kappa shape index (κ1) is 11.6. The van der Waals surface area contributed by atoms with Gasteiger partial charge in [0.1, 0.15) is 0 Å². The van der Waals surface area contributed by atoms with Crippen LogP contribution in [0.3, 0.4) is 0 Å². The fourth-order valence-electron chi connectivity index (χ4n) is 1.04. The Morgan fingerprint density at radius 3 is 2.86 bits per heavy atom. The molecule has 0 aromatic heterocycles. The van der Waals surface area contributed by atoms with Gasteiger partial charge in [0.25, 0.3) is 0 Å². The van der Waals surface area contributed by atoms with Gasteiger partial charge in [0, 0.05) is 21.5 Å². The van der Waals surface area contributed by atoms with Crippen molar-refractivity contribution in [3.8, 4) is 0 Å². The second-order valence-electron chi connectivity index (χ2n) is 2.97. The summed E-state index contributed by atoms with van der Waals surface area (Å²) >= 11 is 5.07. The second-order valence-corrected chi connectivity index (χ2v) is 5.03. The molecule has 0 bridgehead atoms. The average Bonchev–Trinajstić information content (AvgIpc) is 2.08. The highest BCUT2D eigenvalue weighted by Gasteiger charge is 2.01. The zero-order valence-corrected chi connectivity index (χ0v) is 10.3. The third-order valence-corrected chi connectivity index (χ3v) is 3.41. The van der Waals surface area contributed by atoms with Crippen molar-refractivity contribution < 1.29 is 4.79 Å². The van der Waals surface area contributed by atoms with Crippen LogP contribution >= 0.6 is 27.7 Å². The number of nitrogens with two attached hydrogens (primary N) is 1. The third kappa shape index (κ3) is 3.72. The molecule has 1 aromatic carbocycles. The lowest BCUT2D eigenvalue weighted by molar-refractivity contribution is -0.117. The molecule has 1 aromatic rings. The minimum atomic E-state index is -0.243. The predicted octanol–water partition coefficient (Wildman–Crippen LogP) is 2.73. The lowest BCUT2D eigenvalue weighted by Crippen LogP contribution is -2.10. The van der Waals surface area contributed by atoms with E-state index in [-0.39, 0.29) is 5.91 Å². The molecule has 4 heteroatoms. The highest BCUT2D eigenvalue weighted by atomic mass is 79.9. The smallest absolute Gasteiger partial charge is 0.218 e. The van der Waals surface area contributed by atoms with Crippen molar-refractivity contribution in [3.05, 3.63) is 28.2 Å². The first-order valence-corrected chi connectivity index (χ1v) is 6.04. The van der Waals surface area contributed by atoms with Gasteiger partial charge >= 0.3 is 0 Å². The summed E-state index contributed by atoms with van der Waals surface area (Å²) in [5.41, 5.74) is 6.28. The van der Waals surface area contributed by atoms with E-state index in [2.05, 4.69) is 28.9 Å². The van der Waals surface area contributed by atoms with Gasteiger partial charge in [0.15, 0.2) is 0 Å². The highest BCUT2D eigenvalue weighted by Crippen LogP contribution is 2.25. The van der Waals surface area contributed by atoms with E-state index in [1.54, 1.807) is 11.8 Å². The molecule has 2 nitrogen and oxygen atoms in total. The van der Waals surface area contributed by atoms with E-state index in [0.29, 0.717) is 6.42 Å². The number of primary amides is 1. The molecule has 1 rings (SSSR count). The van der Waals surface area contributed by atoms with Crippen molar-refractivity contribution in [2.24, 2.45) is 5.73 Å². The Bertz CT molecular complexity index is 341. The number of hydrogen-bond acceptors (Lipinski definition) is 2. The predicted molar refractivity (Wildman–Crippen MR) is 63.4 cm³/mol. The van der Waals surface area contributed by atoms with Crippen LogP contribution in [-0.2, 0) is 4.79 Å². The zero-order valence-electron chi connectivity index (χ0n) is 7.92. The molecule has 0 unspecified atom stereocenters. The molecule has 0 saturated heterocycles. The fourth-order valence-corrected chi connectivity index (χ4v) is 2.49. The van der Waals surface area contributed by atoms with Gasteiger partial charge in [-0.05, 0) is 30.7 Å². The van der Waals surface area contributed by atoms with Gasteiger partial charge in [-0.1, -0.05) is 15.9 Å². The maximum atomic E-state index is 10.5. The molecule has 14 heavy (non-hydrogen) atoms. The molecule has 0 aliphatic rings. The quantitative estimate of drug-likeness (QED) is 0.858. The fraction of sp³-hybridized carbons (Fsp3) is 0.300. The Labute approximate surface area is 96.4 Å². The molecule has 76 valence electrons. The van der Waals surface area contributed by atoms with E-state index in [1.807, 2.05) is 12.1 Å². The molecule has 0 radical (unpaired) electrons. The maximum Gasteiger partial charge on any atom is 0.218 e. The second kappa shape index (κ2) is 5.41. The SMILES string of the molecule is Cc1cc(Br)ccc1SCCC(N)=O. The number of rotatable bonds is 4. The van der Waals surface area contributed by atoms with Crippen LogP contribution < -0.4 is 5.73 Å². The molecule has 0 saturated carbocycles. The van der Waals surface area contributed by atoms with Crippen LogP contribution in [0, 0.1) is 6.92 Å². The highest BCUT2D eigenvalue weighted by molar-refractivity contribution is 9.10. The first-order valence-electron chi connectivity index (χ1n) is 4.27. The van der Waals surface area contributed by atoms with Crippen molar-refractivity contribution in [3.63, 3.8) is 0 Å². The van der Waals surface area contributed by atoms with Crippen LogP contribution in [-0.4, -0.2) is 11.7 Å². The minimum Gasteiger partial charge on any atom is -0.370 e. The van der Waals surface area contributed by atoms with Crippen LogP contribution in [0.5, 0.6) is 0 Å². The van der Waals surface area contributed by atoms with Gasteiger partial charge in [-0.15, -0.1) is 11.8 Å². The van der Waals surface area contributed by atoms with E-state index < -0.39 is 0 Å². The third-order valence-electron chi connectivity index (χ3n) is 1.74. The van der Waals surface area contributed by atoms with E-state index in [4.69, 9.17) is 5.73 Å². The van der Waals surface area contributed by atoms with Gasteiger partial charge < -0.3 is 5.73 Å². The molecular weight excluding hydrogens is 262 g/mol. The molecule has 1 amide bonds. The van der Waals surface area contributed by atoms with Crippen molar-refractivity contribution in [2.45, 2.75) is 18.2 Å². The molecule has 0 fully saturated rings. The lowest BCUT2D eigenvalue weighted by atomic mass is 10.2.